The van der Waals surface area contributed by atoms with E-state index < -0.39 is 6.04 Å². The smallest absolute Gasteiger partial charge is 0.329 e. The summed E-state index contributed by atoms with van der Waals surface area (Å²) < 4.78 is 5.42. The van der Waals surface area contributed by atoms with E-state index in [2.05, 4.69) is 5.32 Å². The number of carbonyl (C=O) groups excluding carboxylic acids is 2. The van der Waals surface area contributed by atoms with Crippen LogP contribution in [0.1, 0.15) is 47.0 Å². The second kappa shape index (κ2) is 7.49. The Bertz CT molecular complexity index is 573. The monoisotopic (exact) mass is 318 g/mol. The number of esters is 1. The minimum absolute atomic E-state index is 0.0702. The first-order valence-electron chi connectivity index (χ1n) is 8.38. The highest BCUT2D eigenvalue weighted by molar-refractivity contribution is 6.08. The number of anilines is 2. The maximum atomic E-state index is 12.8. The molecule has 0 bridgehead atoms. The summed E-state index contributed by atoms with van der Waals surface area (Å²) >= 11 is 0. The summed E-state index contributed by atoms with van der Waals surface area (Å²) in [6.07, 6.45) is 2.23. The molecule has 1 N–H and O–H groups in total. The summed E-state index contributed by atoms with van der Waals surface area (Å²) in [5.41, 5.74) is 1.62. The van der Waals surface area contributed by atoms with Gasteiger partial charge in [-0.2, -0.15) is 0 Å². The number of carbonyl (C=O) groups is 2. The lowest BCUT2D eigenvalue weighted by atomic mass is 10.0. The molecule has 1 aromatic rings. The van der Waals surface area contributed by atoms with E-state index in [-0.39, 0.29) is 24.0 Å². The number of nitrogens with one attached hydrogen (secondary N) is 1. The van der Waals surface area contributed by atoms with Crippen LogP contribution in [0.25, 0.3) is 0 Å². The summed E-state index contributed by atoms with van der Waals surface area (Å²) in [4.78, 5) is 26.8. The molecule has 0 aliphatic carbocycles. The van der Waals surface area contributed by atoms with Crippen LogP contribution in [0.15, 0.2) is 24.3 Å². The van der Waals surface area contributed by atoms with E-state index in [0.717, 1.165) is 30.6 Å². The van der Waals surface area contributed by atoms with Crippen LogP contribution >= 0.6 is 0 Å². The Morgan fingerprint density at radius 2 is 2.00 bits per heavy atom. The highest BCUT2D eigenvalue weighted by atomic mass is 16.5. The van der Waals surface area contributed by atoms with Crippen molar-refractivity contribution in [2.24, 2.45) is 0 Å². The number of ether oxygens (including phenoxy) is 1. The van der Waals surface area contributed by atoms with Gasteiger partial charge in [0.1, 0.15) is 12.1 Å². The Labute approximate surface area is 138 Å². The van der Waals surface area contributed by atoms with Crippen LogP contribution in [0, 0.1) is 0 Å². The average Bonchev–Trinajstić information content (AvgIpc) is 2.55. The number of nitrogens with zero attached hydrogens (tertiary/aromatic N) is 1. The first kappa shape index (κ1) is 17.3. The first-order valence-corrected chi connectivity index (χ1v) is 8.38. The van der Waals surface area contributed by atoms with Crippen molar-refractivity contribution >= 4 is 23.3 Å². The Morgan fingerprint density at radius 3 is 2.65 bits per heavy atom. The quantitative estimate of drug-likeness (QED) is 0.817. The van der Waals surface area contributed by atoms with E-state index in [9.17, 15) is 9.59 Å². The second-order valence-electron chi connectivity index (χ2n) is 6.04. The predicted molar refractivity (Wildman–Crippen MR) is 91.6 cm³/mol. The van der Waals surface area contributed by atoms with E-state index in [1.807, 2.05) is 45.0 Å². The molecule has 0 radical (unpaired) electrons. The van der Waals surface area contributed by atoms with Crippen LogP contribution in [0.2, 0.25) is 0 Å². The summed E-state index contributed by atoms with van der Waals surface area (Å²) in [7, 11) is 0. The molecule has 1 amide bonds. The average molecular weight is 318 g/mol. The van der Waals surface area contributed by atoms with Gasteiger partial charge in [-0.15, -0.1) is 0 Å². The molecular formula is C18H26N2O3. The third-order valence-corrected chi connectivity index (χ3v) is 4.23. The van der Waals surface area contributed by atoms with Gasteiger partial charge >= 0.3 is 5.97 Å². The lowest BCUT2D eigenvalue weighted by molar-refractivity contribution is -0.150. The molecular weight excluding hydrogens is 292 g/mol. The summed E-state index contributed by atoms with van der Waals surface area (Å²) in [5, 5.41) is 3.28. The standard InChI is InChI=1S/C18H26N2O3/c1-5-9-15-17(21)20(13(4)18(22)23-12(3)6-2)16-11-8-7-10-14(16)19-15/h7-8,10-13,15,19H,5-6,9H2,1-4H3. The van der Waals surface area contributed by atoms with Crippen LogP contribution in [-0.2, 0) is 14.3 Å². The summed E-state index contributed by atoms with van der Waals surface area (Å²) in [5.74, 6) is -0.432. The Balaban J connectivity index is 2.30. The molecule has 3 atom stereocenters. The lowest BCUT2D eigenvalue weighted by Gasteiger charge is -2.38. The molecule has 0 fully saturated rings. The maximum absolute atomic E-state index is 12.8. The number of amides is 1. The Hall–Kier alpha value is -2.04. The topological polar surface area (TPSA) is 58.6 Å². The molecule has 1 aromatic carbocycles. The van der Waals surface area contributed by atoms with Gasteiger partial charge in [-0.3, -0.25) is 9.69 Å². The third-order valence-electron chi connectivity index (χ3n) is 4.23. The third kappa shape index (κ3) is 3.66. The van der Waals surface area contributed by atoms with Crippen molar-refractivity contribution < 1.29 is 14.3 Å². The molecule has 5 heteroatoms. The van der Waals surface area contributed by atoms with Gasteiger partial charge in [0.15, 0.2) is 0 Å². The Kier molecular flexibility index (Phi) is 5.64. The molecule has 0 saturated carbocycles. The van der Waals surface area contributed by atoms with Crippen LogP contribution in [0.3, 0.4) is 0 Å². The molecule has 1 aliphatic heterocycles. The largest absolute Gasteiger partial charge is 0.461 e. The minimum atomic E-state index is -0.640. The Morgan fingerprint density at radius 1 is 1.30 bits per heavy atom. The molecule has 0 spiro atoms. The molecule has 3 unspecified atom stereocenters. The van der Waals surface area contributed by atoms with E-state index in [0.29, 0.717) is 0 Å². The predicted octanol–water partition coefficient (Wildman–Crippen LogP) is 3.34. The van der Waals surface area contributed by atoms with Crippen LogP contribution in [0.5, 0.6) is 0 Å². The molecule has 0 saturated heterocycles. The fourth-order valence-electron chi connectivity index (χ4n) is 2.71. The van der Waals surface area contributed by atoms with Crippen molar-refractivity contribution in [3.05, 3.63) is 24.3 Å². The second-order valence-corrected chi connectivity index (χ2v) is 6.04. The minimum Gasteiger partial charge on any atom is -0.461 e. The van der Waals surface area contributed by atoms with Crippen LogP contribution in [0.4, 0.5) is 11.4 Å². The number of fused-ring (bicyclic) bond motifs is 1. The van der Waals surface area contributed by atoms with Gasteiger partial charge in [0.05, 0.1) is 17.5 Å². The van der Waals surface area contributed by atoms with Crippen molar-refractivity contribution in [2.45, 2.75) is 65.1 Å². The van der Waals surface area contributed by atoms with Crippen LogP contribution in [-0.4, -0.2) is 30.1 Å². The van der Waals surface area contributed by atoms with E-state index in [1.54, 1.807) is 11.8 Å². The zero-order valence-corrected chi connectivity index (χ0v) is 14.3. The van der Waals surface area contributed by atoms with Gasteiger partial charge in [0.25, 0.3) is 0 Å². The van der Waals surface area contributed by atoms with Crippen molar-refractivity contribution in [1.82, 2.24) is 0 Å². The fourth-order valence-corrected chi connectivity index (χ4v) is 2.71. The number of para-hydroxylation sites is 2. The van der Waals surface area contributed by atoms with Crippen molar-refractivity contribution in [3.63, 3.8) is 0 Å². The highest BCUT2D eigenvalue weighted by Crippen LogP contribution is 2.34. The zero-order chi connectivity index (χ0) is 17.0. The molecule has 23 heavy (non-hydrogen) atoms. The summed E-state index contributed by atoms with van der Waals surface area (Å²) in [6.45, 7) is 7.59. The van der Waals surface area contributed by atoms with Crippen LogP contribution < -0.4 is 10.2 Å². The molecule has 126 valence electrons. The molecule has 5 nitrogen and oxygen atoms in total. The van der Waals surface area contributed by atoms with Gasteiger partial charge < -0.3 is 10.1 Å². The van der Waals surface area contributed by atoms with Gasteiger partial charge in [-0.1, -0.05) is 32.4 Å². The number of hydrogen-bond donors (Lipinski definition) is 1. The van der Waals surface area contributed by atoms with Crippen molar-refractivity contribution in [3.8, 4) is 0 Å². The van der Waals surface area contributed by atoms with Gasteiger partial charge in [-0.05, 0) is 38.8 Å². The van der Waals surface area contributed by atoms with Gasteiger partial charge in [-0.25, -0.2) is 4.79 Å². The molecule has 2 rings (SSSR count). The molecule has 0 aromatic heterocycles. The fraction of sp³-hybridized carbons (Fsp3) is 0.556. The van der Waals surface area contributed by atoms with E-state index >= 15 is 0 Å². The summed E-state index contributed by atoms with van der Waals surface area (Å²) in [6, 6.07) is 6.64. The highest BCUT2D eigenvalue weighted by Gasteiger charge is 2.37. The van der Waals surface area contributed by atoms with Crippen molar-refractivity contribution in [1.29, 1.82) is 0 Å². The van der Waals surface area contributed by atoms with Crippen molar-refractivity contribution in [2.75, 3.05) is 10.2 Å². The normalized spacial score (nSPS) is 19.6. The molecule has 1 heterocycles. The van der Waals surface area contributed by atoms with E-state index in [4.69, 9.17) is 4.74 Å². The number of hydrogen-bond acceptors (Lipinski definition) is 4. The first-order chi connectivity index (χ1) is 11.0. The van der Waals surface area contributed by atoms with Gasteiger partial charge in [0.2, 0.25) is 5.91 Å². The zero-order valence-electron chi connectivity index (χ0n) is 14.3. The number of rotatable bonds is 6. The van der Waals surface area contributed by atoms with E-state index in [1.165, 1.54) is 0 Å². The SMILES string of the molecule is CCCC1Nc2ccccc2N(C(C)C(=O)OC(C)CC)C1=O. The number of benzene rings is 1. The maximum Gasteiger partial charge on any atom is 0.329 e. The lowest BCUT2D eigenvalue weighted by Crippen LogP contribution is -2.53. The molecule has 1 aliphatic rings. The van der Waals surface area contributed by atoms with Gasteiger partial charge in [0, 0.05) is 0 Å².